The lowest BCUT2D eigenvalue weighted by Gasteiger charge is -2.27. The molecule has 18 heavy (non-hydrogen) atoms. The molecule has 0 aromatic heterocycles. The number of hydrogen-bond donors (Lipinski definition) is 2. The molecule has 2 aliphatic heterocycles. The topological polar surface area (TPSA) is 52.6 Å². The van der Waals surface area contributed by atoms with Crippen LogP contribution in [0.5, 0.6) is 0 Å². The van der Waals surface area contributed by atoms with E-state index in [1.165, 1.54) is 12.8 Å². The first kappa shape index (κ1) is 13.8. The minimum absolute atomic E-state index is 0.0607. The van der Waals surface area contributed by atoms with Crippen LogP contribution in [0.1, 0.15) is 39.0 Å². The van der Waals surface area contributed by atoms with Crippen molar-refractivity contribution in [1.29, 1.82) is 0 Å². The summed E-state index contributed by atoms with van der Waals surface area (Å²) in [5.74, 6) is 1.40. The molecule has 0 aliphatic carbocycles. The lowest BCUT2D eigenvalue weighted by atomic mass is 9.93. The van der Waals surface area contributed by atoms with Crippen LogP contribution in [0.4, 0.5) is 0 Å². The van der Waals surface area contributed by atoms with Gasteiger partial charge in [-0.2, -0.15) is 0 Å². The zero-order chi connectivity index (χ0) is 13.0. The molecule has 2 fully saturated rings. The van der Waals surface area contributed by atoms with Gasteiger partial charge in [-0.3, -0.25) is 4.79 Å². The van der Waals surface area contributed by atoms with Gasteiger partial charge in [0.2, 0.25) is 5.91 Å². The van der Waals surface area contributed by atoms with Crippen LogP contribution in [0, 0.1) is 11.8 Å². The maximum absolute atomic E-state index is 12.2. The quantitative estimate of drug-likeness (QED) is 0.787. The van der Waals surface area contributed by atoms with Gasteiger partial charge < -0.3 is 15.3 Å². The molecule has 2 rings (SSSR count). The molecule has 2 heterocycles. The second kappa shape index (κ2) is 6.53. The number of likely N-dealkylation sites (tertiary alicyclic amines) is 1. The van der Waals surface area contributed by atoms with Crippen LogP contribution in [0.2, 0.25) is 0 Å². The van der Waals surface area contributed by atoms with E-state index in [-0.39, 0.29) is 18.6 Å². The van der Waals surface area contributed by atoms with Crippen LogP contribution >= 0.6 is 0 Å². The number of carbonyl (C=O) groups excluding carboxylic acids is 1. The molecule has 2 aliphatic rings. The van der Waals surface area contributed by atoms with Gasteiger partial charge in [-0.1, -0.05) is 6.92 Å². The van der Waals surface area contributed by atoms with Crippen molar-refractivity contribution in [3.8, 4) is 0 Å². The Hall–Kier alpha value is -0.610. The molecule has 104 valence electrons. The molecule has 2 saturated heterocycles. The van der Waals surface area contributed by atoms with Gasteiger partial charge in [0.15, 0.2) is 0 Å². The van der Waals surface area contributed by atoms with E-state index < -0.39 is 0 Å². The van der Waals surface area contributed by atoms with Crippen molar-refractivity contribution in [2.45, 2.75) is 45.1 Å². The van der Waals surface area contributed by atoms with Gasteiger partial charge in [0.05, 0.1) is 12.6 Å². The summed E-state index contributed by atoms with van der Waals surface area (Å²) >= 11 is 0. The minimum atomic E-state index is 0.0607. The summed E-state index contributed by atoms with van der Waals surface area (Å²) in [6.07, 6.45) is 5.11. The van der Waals surface area contributed by atoms with Crippen LogP contribution in [0.3, 0.4) is 0 Å². The summed E-state index contributed by atoms with van der Waals surface area (Å²) in [6, 6.07) is 0.0607. The fourth-order valence-electron chi connectivity index (χ4n) is 3.24. The number of nitrogens with one attached hydrogen (secondary N) is 1. The Morgan fingerprint density at radius 2 is 2.06 bits per heavy atom. The van der Waals surface area contributed by atoms with E-state index in [1.807, 2.05) is 4.90 Å². The first-order chi connectivity index (χ1) is 8.72. The Balaban J connectivity index is 1.77. The number of amides is 1. The molecule has 2 unspecified atom stereocenters. The largest absolute Gasteiger partial charge is 0.394 e. The Morgan fingerprint density at radius 1 is 1.33 bits per heavy atom. The van der Waals surface area contributed by atoms with Crippen LogP contribution in [0.25, 0.3) is 0 Å². The number of carbonyl (C=O) groups is 1. The zero-order valence-electron chi connectivity index (χ0n) is 11.4. The number of rotatable bonds is 4. The first-order valence-electron chi connectivity index (χ1n) is 7.33. The fraction of sp³-hybridized carbons (Fsp3) is 0.929. The van der Waals surface area contributed by atoms with Gasteiger partial charge in [-0.15, -0.1) is 0 Å². The number of hydrogen-bond acceptors (Lipinski definition) is 3. The maximum atomic E-state index is 12.2. The van der Waals surface area contributed by atoms with Gasteiger partial charge >= 0.3 is 0 Å². The summed E-state index contributed by atoms with van der Waals surface area (Å²) in [7, 11) is 0. The lowest BCUT2D eigenvalue weighted by molar-refractivity contribution is -0.133. The van der Waals surface area contributed by atoms with Crippen LogP contribution < -0.4 is 5.32 Å². The van der Waals surface area contributed by atoms with Gasteiger partial charge in [-0.25, -0.2) is 0 Å². The molecular formula is C14H26N2O2. The highest BCUT2D eigenvalue weighted by atomic mass is 16.3. The molecule has 4 nitrogen and oxygen atoms in total. The third-order valence-corrected chi connectivity index (χ3v) is 4.62. The van der Waals surface area contributed by atoms with Crippen molar-refractivity contribution < 1.29 is 9.90 Å². The third kappa shape index (κ3) is 3.23. The normalized spacial score (nSPS) is 29.8. The van der Waals surface area contributed by atoms with Crippen molar-refractivity contribution in [2.75, 3.05) is 26.2 Å². The molecule has 0 spiro atoms. The number of aliphatic hydroxyl groups excluding tert-OH is 1. The molecule has 0 aromatic rings. The molecular weight excluding hydrogens is 228 g/mol. The highest BCUT2D eigenvalue weighted by molar-refractivity contribution is 5.76. The van der Waals surface area contributed by atoms with Crippen molar-refractivity contribution in [3.63, 3.8) is 0 Å². The molecule has 2 atom stereocenters. The second-order valence-corrected chi connectivity index (χ2v) is 5.84. The van der Waals surface area contributed by atoms with Gasteiger partial charge in [-0.05, 0) is 50.6 Å². The predicted octanol–water partition coefficient (Wildman–Crippen LogP) is 0.995. The van der Waals surface area contributed by atoms with E-state index in [2.05, 4.69) is 12.2 Å². The van der Waals surface area contributed by atoms with Crippen LogP contribution in [-0.2, 0) is 4.79 Å². The Labute approximate surface area is 110 Å². The van der Waals surface area contributed by atoms with Gasteiger partial charge in [0, 0.05) is 13.0 Å². The molecule has 1 amide bonds. The van der Waals surface area contributed by atoms with E-state index >= 15 is 0 Å². The monoisotopic (exact) mass is 254 g/mol. The molecule has 4 heteroatoms. The average molecular weight is 254 g/mol. The standard InChI is InChI=1S/C14H26N2O2/c1-11-6-9-16(13(11)10-17)14(18)3-2-12-4-7-15-8-5-12/h11-13,15,17H,2-10H2,1H3. The highest BCUT2D eigenvalue weighted by Gasteiger charge is 2.33. The summed E-state index contributed by atoms with van der Waals surface area (Å²) < 4.78 is 0. The SMILES string of the molecule is CC1CCN(C(=O)CCC2CCNCC2)C1CO. The van der Waals surface area contributed by atoms with Crippen molar-refractivity contribution in [3.05, 3.63) is 0 Å². The lowest BCUT2D eigenvalue weighted by Crippen LogP contribution is -2.40. The third-order valence-electron chi connectivity index (χ3n) is 4.62. The molecule has 0 aromatic carbocycles. The Bertz CT molecular complexity index is 277. The minimum Gasteiger partial charge on any atom is -0.394 e. The number of piperidine rings is 1. The van der Waals surface area contributed by atoms with Crippen molar-refractivity contribution >= 4 is 5.91 Å². The van der Waals surface area contributed by atoms with E-state index in [0.717, 1.165) is 32.5 Å². The summed E-state index contributed by atoms with van der Waals surface area (Å²) in [5.41, 5.74) is 0. The summed E-state index contributed by atoms with van der Waals surface area (Å²) in [5, 5.41) is 12.7. The smallest absolute Gasteiger partial charge is 0.222 e. The van der Waals surface area contributed by atoms with Gasteiger partial charge in [0.25, 0.3) is 0 Å². The van der Waals surface area contributed by atoms with Crippen molar-refractivity contribution in [1.82, 2.24) is 10.2 Å². The molecule has 0 bridgehead atoms. The van der Waals surface area contributed by atoms with E-state index in [1.54, 1.807) is 0 Å². The molecule has 2 N–H and O–H groups in total. The Morgan fingerprint density at radius 3 is 2.72 bits per heavy atom. The number of nitrogens with zero attached hydrogens (tertiary/aromatic N) is 1. The average Bonchev–Trinajstić information content (AvgIpc) is 2.78. The summed E-state index contributed by atoms with van der Waals surface area (Å²) in [6.45, 7) is 5.26. The molecule has 0 saturated carbocycles. The zero-order valence-corrected chi connectivity index (χ0v) is 11.4. The highest BCUT2D eigenvalue weighted by Crippen LogP contribution is 2.25. The fourth-order valence-corrected chi connectivity index (χ4v) is 3.24. The predicted molar refractivity (Wildman–Crippen MR) is 71.2 cm³/mol. The van der Waals surface area contributed by atoms with E-state index in [4.69, 9.17) is 0 Å². The van der Waals surface area contributed by atoms with Gasteiger partial charge in [0.1, 0.15) is 0 Å². The van der Waals surface area contributed by atoms with Crippen molar-refractivity contribution in [2.24, 2.45) is 11.8 Å². The van der Waals surface area contributed by atoms with Crippen LogP contribution in [-0.4, -0.2) is 48.2 Å². The second-order valence-electron chi connectivity index (χ2n) is 5.84. The number of aliphatic hydroxyl groups is 1. The summed E-state index contributed by atoms with van der Waals surface area (Å²) in [4.78, 5) is 14.1. The maximum Gasteiger partial charge on any atom is 0.222 e. The van der Waals surface area contributed by atoms with Crippen LogP contribution in [0.15, 0.2) is 0 Å². The van der Waals surface area contributed by atoms with E-state index in [0.29, 0.717) is 18.3 Å². The first-order valence-corrected chi connectivity index (χ1v) is 7.33. The Kier molecular flexibility index (Phi) is 5.01. The van der Waals surface area contributed by atoms with E-state index in [9.17, 15) is 9.90 Å². The molecule has 0 radical (unpaired) electrons.